The Hall–Kier alpha value is -1.40. The molecule has 0 aromatic carbocycles. The number of hydrogen-bond donors (Lipinski definition) is 0. The van der Waals surface area contributed by atoms with Gasteiger partial charge in [0, 0.05) is 51.4 Å². The number of nitrogens with zero attached hydrogens (tertiary/aromatic N) is 4. The first kappa shape index (κ1) is 15.5. The number of amides is 1. The van der Waals surface area contributed by atoms with Gasteiger partial charge in [-0.15, -0.1) is 0 Å². The summed E-state index contributed by atoms with van der Waals surface area (Å²) in [4.78, 5) is 19.4. The van der Waals surface area contributed by atoms with Gasteiger partial charge < -0.3 is 14.3 Å². The molecule has 0 aliphatic carbocycles. The molecule has 122 valence electrons. The predicted octanol–water partition coefficient (Wildman–Crippen LogP) is 0.764. The van der Waals surface area contributed by atoms with Crippen molar-refractivity contribution in [3.63, 3.8) is 0 Å². The third-order valence-electron chi connectivity index (χ3n) is 4.89. The topological polar surface area (TPSA) is 52.8 Å². The average Bonchev–Trinajstić information content (AvgIpc) is 3.17. The molecule has 2 aliphatic rings. The number of carbonyl (C=O) groups is 1. The summed E-state index contributed by atoms with van der Waals surface area (Å²) in [6.45, 7) is 11.5. The summed E-state index contributed by atoms with van der Waals surface area (Å²) in [6.07, 6.45) is 1.42. The molecule has 2 aliphatic heterocycles. The van der Waals surface area contributed by atoms with Gasteiger partial charge in [-0.05, 0) is 19.9 Å². The van der Waals surface area contributed by atoms with E-state index < -0.39 is 0 Å². The van der Waals surface area contributed by atoms with Gasteiger partial charge in [-0.2, -0.15) is 0 Å². The summed E-state index contributed by atoms with van der Waals surface area (Å²) in [7, 11) is 0. The zero-order valence-corrected chi connectivity index (χ0v) is 13.6. The lowest BCUT2D eigenvalue weighted by Crippen LogP contribution is -2.51. The van der Waals surface area contributed by atoms with Crippen LogP contribution in [0.3, 0.4) is 0 Å². The van der Waals surface area contributed by atoms with Crippen molar-refractivity contribution in [3.05, 3.63) is 17.5 Å². The smallest absolute Gasteiger partial charge is 0.230 e. The van der Waals surface area contributed by atoms with E-state index in [0.717, 1.165) is 57.9 Å². The van der Waals surface area contributed by atoms with Crippen LogP contribution in [0.1, 0.15) is 24.8 Å². The normalized spacial score (nSPS) is 24.1. The second kappa shape index (κ2) is 6.79. The highest BCUT2D eigenvalue weighted by Gasteiger charge is 2.32. The Bertz CT molecular complexity index is 508. The maximum absolute atomic E-state index is 12.4. The minimum Gasteiger partial charge on any atom is -0.361 e. The van der Waals surface area contributed by atoms with E-state index in [1.165, 1.54) is 0 Å². The van der Waals surface area contributed by atoms with E-state index in [1.54, 1.807) is 0 Å². The van der Waals surface area contributed by atoms with E-state index >= 15 is 0 Å². The molecular formula is C16H26N4O2. The lowest BCUT2D eigenvalue weighted by Gasteiger charge is -2.37. The van der Waals surface area contributed by atoms with E-state index in [0.29, 0.717) is 18.2 Å². The standard InChI is InChI=1S/C16H26N4O2/c1-3-18-6-8-19(9-7-18)14-4-5-20(12-14)16(21)11-15-10-13(2)17-22-15/h10,14H,3-9,11-12H2,1-2H3. The number of likely N-dealkylation sites (N-methyl/N-ethyl adjacent to an activating group) is 1. The molecule has 0 spiro atoms. The monoisotopic (exact) mass is 306 g/mol. The van der Waals surface area contributed by atoms with E-state index in [9.17, 15) is 4.79 Å². The second-order valence-corrected chi connectivity index (χ2v) is 6.36. The third-order valence-corrected chi connectivity index (χ3v) is 4.89. The zero-order chi connectivity index (χ0) is 15.5. The van der Waals surface area contributed by atoms with Crippen LogP contribution in [0, 0.1) is 6.92 Å². The summed E-state index contributed by atoms with van der Waals surface area (Å²) < 4.78 is 5.15. The summed E-state index contributed by atoms with van der Waals surface area (Å²) in [6, 6.07) is 2.37. The van der Waals surface area contributed by atoms with Crippen LogP contribution in [0.25, 0.3) is 0 Å². The van der Waals surface area contributed by atoms with Crippen LogP contribution in [0.4, 0.5) is 0 Å². The number of hydrogen-bond acceptors (Lipinski definition) is 5. The molecule has 6 heteroatoms. The molecule has 1 aromatic rings. The van der Waals surface area contributed by atoms with Crippen LogP contribution in [0.5, 0.6) is 0 Å². The number of piperazine rings is 1. The maximum Gasteiger partial charge on any atom is 0.230 e. The fourth-order valence-electron chi connectivity index (χ4n) is 3.47. The van der Waals surface area contributed by atoms with Crippen LogP contribution in [0.15, 0.2) is 10.6 Å². The van der Waals surface area contributed by atoms with Crippen molar-refractivity contribution in [2.75, 3.05) is 45.8 Å². The van der Waals surface area contributed by atoms with Gasteiger partial charge in [0.15, 0.2) is 0 Å². The highest BCUT2D eigenvalue weighted by molar-refractivity contribution is 5.78. The average molecular weight is 306 g/mol. The summed E-state index contributed by atoms with van der Waals surface area (Å²) in [5.74, 6) is 0.827. The molecule has 1 atom stereocenters. The number of aryl methyl sites for hydroxylation is 1. The highest BCUT2D eigenvalue weighted by atomic mass is 16.5. The Kier molecular flexibility index (Phi) is 4.78. The predicted molar refractivity (Wildman–Crippen MR) is 83.6 cm³/mol. The number of rotatable bonds is 4. The molecule has 0 radical (unpaired) electrons. The summed E-state index contributed by atoms with van der Waals surface area (Å²) >= 11 is 0. The first-order valence-electron chi connectivity index (χ1n) is 8.32. The van der Waals surface area contributed by atoms with Crippen molar-refractivity contribution < 1.29 is 9.32 Å². The van der Waals surface area contributed by atoms with Gasteiger partial charge in [-0.1, -0.05) is 12.1 Å². The minimum absolute atomic E-state index is 0.158. The Labute approximate surface area is 132 Å². The van der Waals surface area contributed by atoms with Crippen molar-refractivity contribution in [1.82, 2.24) is 19.9 Å². The molecule has 3 heterocycles. The van der Waals surface area contributed by atoms with Gasteiger partial charge in [0.1, 0.15) is 5.76 Å². The SMILES string of the molecule is CCN1CCN(C2CCN(C(=O)Cc3cc(C)no3)C2)CC1. The lowest BCUT2D eigenvalue weighted by atomic mass is 10.2. The van der Waals surface area contributed by atoms with Crippen molar-refractivity contribution in [1.29, 1.82) is 0 Å². The van der Waals surface area contributed by atoms with Crippen LogP contribution in [-0.4, -0.2) is 77.6 Å². The van der Waals surface area contributed by atoms with Crippen LogP contribution in [0.2, 0.25) is 0 Å². The van der Waals surface area contributed by atoms with Gasteiger partial charge in [0.2, 0.25) is 5.91 Å². The van der Waals surface area contributed by atoms with E-state index in [2.05, 4.69) is 21.9 Å². The van der Waals surface area contributed by atoms with Gasteiger partial charge in [0.25, 0.3) is 0 Å². The van der Waals surface area contributed by atoms with Gasteiger partial charge in [-0.25, -0.2) is 0 Å². The maximum atomic E-state index is 12.4. The molecule has 1 amide bonds. The summed E-state index contributed by atoms with van der Waals surface area (Å²) in [5.41, 5.74) is 0.830. The number of likely N-dealkylation sites (tertiary alicyclic amines) is 1. The van der Waals surface area contributed by atoms with E-state index in [1.807, 2.05) is 17.9 Å². The Balaban J connectivity index is 1.48. The van der Waals surface area contributed by atoms with Crippen molar-refractivity contribution in [2.24, 2.45) is 0 Å². The molecule has 1 aromatic heterocycles. The molecular weight excluding hydrogens is 280 g/mol. The molecule has 1 unspecified atom stereocenters. The minimum atomic E-state index is 0.158. The Morgan fingerprint density at radius 2 is 2.09 bits per heavy atom. The fourth-order valence-corrected chi connectivity index (χ4v) is 3.47. The fraction of sp³-hybridized carbons (Fsp3) is 0.750. The molecule has 0 bridgehead atoms. The van der Waals surface area contributed by atoms with E-state index in [4.69, 9.17) is 4.52 Å². The Morgan fingerprint density at radius 1 is 1.32 bits per heavy atom. The molecule has 22 heavy (non-hydrogen) atoms. The second-order valence-electron chi connectivity index (χ2n) is 6.36. The number of aromatic nitrogens is 1. The van der Waals surface area contributed by atoms with Gasteiger partial charge >= 0.3 is 0 Å². The van der Waals surface area contributed by atoms with Crippen molar-refractivity contribution in [3.8, 4) is 0 Å². The Morgan fingerprint density at radius 3 is 2.73 bits per heavy atom. The van der Waals surface area contributed by atoms with Crippen LogP contribution < -0.4 is 0 Å². The molecule has 3 rings (SSSR count). The molecule has 2 fully saturated rings. The summed E-state index contributed by atoms with van der Waals surface area (Å²) in [5, 5.41) is 3.84. The molecule has 2 saturated heterocycles. The van der Waals surface area contributed by atoms with Crippen LogP contribution >= 0.6 is 0 Å². The first-order valence-corrected chi connectivity index (χ1v) is 8.32. The van der Waals surface area contributed by atoms with Gasteiger partial charge in [0.05, 0.1) is 12.1 Å². The van der Waals surface area contributed by atoms with Crippen LogP contribution in [-0.2, 0) is 11.2 Å². The molecule has 0 N–H and O–H groups in total. The van der Waals surface area contributed by atoms with Gasteiger partial charge in [-0.3, -0.25) is 9.69 Å². The highest BCUT2D eigenvalue weighted by Crippen LogP contribution is 2.18. The number of carbonyl (C=O) groups excluding carboxylic acids is 1. The lowest BCUT2D eigenvalue weighted by molar-refractivity contribution is -0.129. The van der Waals surface area contributed by atoms with Crippen molar-refractivity contribution >= 4 is 5.91 Å². The quantitative estimate of drug-likeness (QED) is 0.822. The zero-order valence-electron chi connectivity index (χ0n) is 13.6. The van der Waals surface area contributed by atoms with E-state index in [-0.39, 0.29) is 5.91 Å². The first-order chi connectivity index (χ1) is 10.7. The molecule has 0 saturated carbocycles. The molecule has 6 nitrogen and oxygen atoms in total. The van der Waals surface area contributed by atoms with Crippen molar-refractivity contribution in [2.45, 2.75) is 32.7 Å². The largest absolute Gasteiger partial charge is 0.361 e. The third kappa shape index (κ3) is 3.50.